The Bertz CT molecular complexity index is 1090. The Morgan fingerprint density at radius 2 is 1.86 bits per heavy atom. The number of H-pyrrole nitrogens is 1. The molecule has 142 valence electrons. The molecule has 0 fully saturated rings. The Morgan fingerprint density at radius 3 is 2.50 bits per heavy atom. The number of aromatic nitrogens is 3. The summed E-state index contributed by atoms with van der Waals surface area (Å²) >= 11 is 5.84. The molecule has 3 rings (SSSR count). The number of carbonyl (C=O) groups is 2. The van der Waals surface area contributed by atoms with Crippen LogP contribution in [0.2, 0.25) is 5.02 Å². The van der Waals surface area contributed by atoms with Gasteiger partial charge < -0.3 is 5.32 Å². The first kappa shape index (κ1) is 19.2. The first-order valence-corrected chi connectivity index (χ1v) is 8.72. The number of nitrogens with zero attached hydrogens (tertiary/aromatic N) is 3. The van der Waals surface area contributed by atoms with Crippen molar-refractivity contribution >= 4 is 29.5 Å². The minimum absolute atomic E-state index is 0.227. The molecule has 2 aromatic carbocycles. The maximum Gasteiger partial charge on any atom is 0.432 e. The summed E-state index contributed by atoms with van der Waals surface area (Å²) < 4.78 is 1.17. The molecule has 0 atom stereocenters. The van der Waals surface area contributed by atoms with Crippen molar-refractivity contribution in [2.75, 3.05) is 7.05 Å². The molecule has 0 spiro atoms. The Labute approximate surface area is 165 Å². The fourth-order valence-electron chi connectivity index (χ4n) is 2.49. The van der Waals surface area contributed by atoms with Gasteiger partial charge in [0, 0.05) is 22.4 Å². The van der Waals surface area contributed by atoms with Gasteiger partial charge in [-0.1, -0.05) is 52.2 Å². The molecule has 1 heterocycles. The molecular formula is C19H17ClN5O3+. The van der Waals surface area contributed by atoms with Gasteiger partial charge in [0.15, 0.2) is 6.54 Å². The van der Waals surface area contributed by atoms with Gasteiger partial charge >= 0.3 is 17.2 Å². The first-order valence-electron chi connectivity index (χ1n) is 8.34. The van der Waals surface area contributed by atoms with E-state index >= 15 is 0 Å². The van der Waals surface area contributed by atoms with E-state index in [9.17, 15) is 14.4 Å². The third-order valence-corrected chi connectivity index (χ3v) is 4.16. The number of carbonyl (C=O) groups excluding carboxylic acids is 2. The number of hydrogen-bond donors (Lipinski definition) is 2. The molecule has 0 aliphatic carbocycles. The number of aromatic amines is 1. The summed E-state index contributed by atoms with van der Waals surface area (Å²) in [5, 5.41) is 9.62. The summed E-state index contributed by atoms with van der Waals surface area (Å²) in [6, 6.07) is 15.5. The highest BCUT2D eigenvalue weighted by Gasteiger charge is 2.29. The van der Waals surface area contributed by atoms with E-state index in [1.54, 1.807) is 24.3 Å². The molecule has 9 heteroatoms. The molecule has 0 saturated heterocycles. The summed E-state index contributed by atoms with van der Waals surface area (Å²) in [5.74, 6) is -0.925. The highest BCUT2D eigenvalue weighted by molar-refractivity contribution is 6.30. The van der Waals surface area contributed by atoms with Crippen LogP contribution in [0.5, 0.6) is 0 Å². The first-order chi connectivity index (χ1) is 13.5. The molecule has 1 aromatic heterocycles. The molecular weight excluding hydrogens is 382 g/mol. The summed E-state index contributed by atoms with van der Waals surface area (Å²) in [7, 11) is 1.40. The summed E-state index contributed by atoms with van der Waals surface area (Å²) in [6.45, 7) is -0.243. The van der Waals surface area contributed by atoms with Crippen LogP contribution in [0.15, 0.2) is 64.5 Å². The number of Topliss-reactive ketones (excluding diaryl/α,β-unsaturated/α-hetero) is 1. The maximum absolute atomic E-state index is 12.6. The van der Waals surface area contributed by atoms with Crippen molar-refractivity contribution in [3.05, 3.63) is 86.8 Å². The van der Waals surface area contributed by atoms with E-state index in [0.717, 1.165) is 10.4 Å². The fourth-order valence-corrected chi connectivity index (χ4v) is 2.62. The van der Waals surface area contributed by atoms with Crippen molar-refractivity contribution < 1.29 is 14.3 Å². The zero-order chi connectivity index (χ0) is 20.1. The van der Waals surface area contributed by atoms with Crippen molar-refractivity contribution in [3.8, 4) is 0 Å². The summed E-state index contributed by atoms with van der Waals surface area (Å²) in [4.78, 5) is 38.2. The average Bonchev–Trinajstić information content (AvgIpc) is 3.02. The molecule has 2 N–H and O–H groups in total. The SMILES string of the molecule is CNC(=O)c1c(=O)n(/N=C\c2ccccc2)[nH][n+]1CC(=O)c1ccc(Cl)cc1. The van der Waals surface area contributed by atoms with Crippen LogP contribution in [-0.2, 0) is 6.54 Å². The average molecular weight is 399 g/mol. The molecule has 0 aliphatic heterocycles. The van der Waals surface area contributed by atoms with Crippen LogP contribution >= 0.6 is 11.6 Å². The molecule has 0 saturated carbocycles. The number of hydrogen-bond acceptors (Lipinski definition) is 4. The van der Waals surface area contributed by atoms with Gasteiger partial charge in [0.05, 0.1) is 6.21 Å². The predicted octanol–water partition coefficient (Wildman–Crippen LogP) is 1.24. The van der Waals surface area contributed by atoms with E-state index in [0.29, 0.717) is 10.6 Å². The van der Waals surface area contributed by atoms with E-state index in [2.05, 4.69) is 15.6 Å². The molecule has 0 unspecified atom stereocenters. The second kappa shape index (κ2) is 8.45. The molecule has 0 radical (unpaired) electrons. The molecule has 3 aromatic rings. The highest BCUT2D eigenvalue weighted by atomic mass is 35.5. The van der Waals surface area contributed by atoms with Crippen LogP contribution in [0, 0.1) is 0 Å². The van der Waals surface area contributed by atoms with Gasteiger partial charge in [-0.25, -0.2) is 4.79 Å². The van der Waals surface area contributed by atoms with Crippen LogP contribution in [-0.4, -0.2) is 35.0 Å². The largest absolute Gasteiger partial charge is 0.432 e. The number of nitrogens with one attached hydrogen (secondary N) is 2. The lowest BCUT2D eigenvalue weighted by atomic mass is 10.1. The van der Waals surface area contributed by atoms with E-state index in [1.807, 2.05) is 30.3 Å². The summed E-state index contributed by atoms with van der Waals surface area (Å²) in [6.07, 6.45) is 1.47. The molecule has 1 amide bonds. The Hall–Kier alpha value is -3.52. The van der Waals surface area contributed by atoms with Crippen molar-refractivity contribution in [1.29, 1.82) is 0 Å². The standard InChI is InChI=1S/C19H16ClN5O3/c1-21-18(27)17-19(28)25(22-11-13-5-3-2-4-6-13)23-24(17)12-16(26)14-7-9-15(20)10-8-14/h2-11H,12H2,1H3,(H-,21,23,27,28)/p+1/b22-11-. The van der Waals surface area contributed by atoms with Gasteiger partial charge in [-0.2, -0.15) is 0 Å². The van der Waals surface area contributed by atoms with Gasteiger partial charge in [0.25, 0.3) is 0 Å². The van der Waals surface area contributed by atoms with Crippen LogP contribution in [0.25, 0.3) is 0 Å². The molecule has 0 aliphatic rings. The van der Waals surface area contributed by atoms with Gasteiger partial charge in [-0.15, -0.1) is 4.68 Å². The predicted molar refractivity (Wildman–Crippen MR) is 104 cm³/mol. The minimum atomic E-state index is -0.671. The van der Waals surface area contributed by atoms with Gasteiger partial charge in [0.1, 0.15) is 0 Å². The highest BCUT2D eigenvalue weighted by Crippen LogP contribution is 2.10. The maximum atomic E-state index is 12.6. The number of halogens is 1. The van der Waals surface area contributed by atoms with Crippen LogP contribution in [0.4, 0.5) is 0 Å². The van der Waals surface area contributed by atoms with Gasteiger partial charge in [-0.05, 0) is 29.8 Å². The van der Waals surface area contributed by atoms with E-state index in [1.165, 1.54) is 17.9 Å². The number of amides is 1. The summed E-state index contributed by atoms with van der Waals surface area (Å²) in [5.41, 5.74) is 0.279. The topological polar surface area (TPSA) is 100 Å². The van der Waals surface area contributed by atoms with Crippen molar-refractivity contribution in [3.63, 3.8) is 0 Å². The lowest BCUT2D eigenvalue weighted by Crippen LogP contribution is -2.48. The number of benzene rings is 2. The van der Waals surface area contributed by atoms with Crippen molar-refractivity contribution in [1.82, 2.24) is 15.3 Å². The molecule has 0 bridgehead atoms. The molecule has 8 nitrogen and oxygen atoms in total. The van der Waals surface area contributed by atoms with E-state index < -0.39 is 11.5 Å². The fraction of sp³-hybridized carbons (Fsp3) is 0.105. The van der Waals surface area contributed by atoms with Crippen LogP contribution < -0.4 is 15.6 Å². The van der Waals surface area contributed by atoms with Gasteiger partial charge in [-0.3, -0.25) is 9.59 Å². The number of ketones is 1. The third-order valence-electron chi connectivity index (χ3n) is 3.91. The van der Waals surface area contributed by atoms with E-state index in [4.69, 9.17) is 11.6 Å². The third kappa shape index (κ3) is 4.24. The van der Waals surface area contributed by atoms with Crippen molar-refractivity contribution in [2.24, 2.45) is 5.10 Å². The lowest BCUT2D eigenvalue weighted by molar-refractivity contribution is -0.744. The smallest absolute Gasteiger partial charge is 0.352 e. The zero-order valence-electron chi connectivity index (χ0n) is 14.9. The number of rotatable bonds is 6. The van der Waals surface area contributed by atoms with Gasteiger partial charge in [0.2, 0.25) is 5.78 Å². The Balaban J connectivity index is 1.94. The lowest BCUT2D eigenvalue weighted by Gasteiger charge is -2.00. The minimum Gasteiger partial charge on any atom is -0.352 e. The second-order valence-electron chi connectivity index (χ2n) is 5.82. The quantitative estimate of drug-likeness (QED) is 0.371. The monoisotopic (exact) mass is 398 g/mol. The van der Waals surface area contributed by atoms with Crippen LogP contribution in [0.1, 0.15) is 26.4 Å². The normalized spacial score (nSPS) is 10.9. The Morgan fingerprint density at radius 1 is 1.18 bits per heavy atom. The zero-order valence-corrected chi connectivity index (χ0v) is 15.7. The molecule has 28 heavy (non-hydrogen) atoms. The van der Waals surface area contributed by atoms with E-state index in [-0.39, 0.29) is 18.0 Å². The second-order valence-corrected chi connectivity index (χ2v) is 6.25. The van der Waals surface area contributed by atoms with Crippen LogP contribution in [0.3, 0.4) is 0 Å². The van der Waals surface area contributed by atoms with Crippen molar-refractivity contribution in [2.45, 2.75) is 6.54 Å². The Kier molecular flexibility index (Phi) is 5.81.